The number of hydrogen-bond donors (Lipinski definition) is 1. The number of piperidine rings is 1. The van der Waals surface area contributed by atoms with E-state index in [2.05, 4.69) is 0 Å². The predicted molar refractivity (Wildman–Crippen MR) is 73.7 cm³/mol. The SMILES string of the molecule is COC(=O)C1CCCN1C(=O)N1CCC(C)(C(=O)O)CC1. The van der Waals surface area contributed by atoms with E-state index in [9.17, 15) is 19.5 Å². The molecule has 2 fully saturated rings. The molecule has 0 bridgehead atoms. The molecule has 0 aromatic heterocycles. The number of aliphatic carboxylic acids is 1. The highest BCUT2D eigenvalue weighted by Gasteiger charge is 2.41. The second-order valence-electron chi connectivity index (χ2n) is 6.01. The lowest BCUT2D eigenvalue weighted by Crippen LogP contribution is -2.52. The number of carbonyl (C=O) groups is 3. The van der Waals surface area contributed by atoms with E-state index < -0.39 is 17.4 Å². The quantitative estimate of drug-likeness (QED) is 0.766. The predicted octanol–water partition coefficient (Wildman–Crippen LogP) is 0.930. The minimum absolute atomic E-state index is 0.185. The Kier molecular flexibility index (Phi) is 4.39. The number of likely N-dealkylation sites (tertiary alicyclic amines) is 2. The van der Waals surface area contributed by atoms with E-state index in [1.807, 2.05) is 0 Å². The molecular weight excluding hydrogens is 276 g/mol. The van der Waals surface area contributed by atoms with Crippen molar-refractivity contribution in [1.82, 2.24) is 9.80 Å². The van der Waals surface area contributed by atoms with Gasteiger partial charge in [0.2, 0.25) is 0 Å². The monoisotopic (exact) mass is 298 g/mol. The highest BCUT2D eigenvalue weighted by molar-refractivity contribution is 5.84. The van der Waals surface area contributed by atoms with Crippen LogP contribution in [-0.2, 0) is 14.3 Å². The van der Waals surface area contributed by atoms with Crippen molar-refractivity contribution in [3.63, 3.8) is 0 Å². The van der Waals surface area contributed by atoms with Gasteiger partial charge in [-0.15, -0.1) is 0 Å². The van der Waals surface area contributed by atoms with Crippen LogP contribution in [0.1, 0.15) is 32.6 Å². The van der Waals surface area contributed by atoms with Crippen LogP contribution in [0.25, 0.3) is 0 Å². The fourth-order valence-electron chi connectivity index (χ4n) is 2.96. The number of carboxylic acid groups (broad SMARTS) is 1. The second-order valence-corrected chi connectivity index (χ2v) is 6.01. The number of nitrogens with zero attached hydrogens (tertiary/aromatic N) is 2. The molecule has 1 N–H and O–H groups in total. The van der Waals surface area contributed by atoms with Gasteiger partial charge >= 0.3 is 18.0 Å². The number of urea groups is 1. The molecule has 1 atom stereocenters. The third-order valence-corrected chi connectivity index (χ3v) is 4.63. The van der Waals surface area contributed by atoms with E-state index >= 15 is 0 Å². The van der Waals surface area contributed by atoms with Crippen molar-refractivity contribution in [1.29, 1.82) is 0 Å². The first-order chi connectivity index (χ1) is 9.89. The molecule has 0 saturated carbocycles. The van der Waals surface area contributed by atoms with Crippen LogP contribution in [0.3, 0.4) is 0 Å². The van der Waals surface area contributed by atoms with Crippen molar-refractivity contribution in [2.24, 2.45) is 5.41 Å². The zero-order valence-electron chi connectivity index (χ0n) is 12.5. The van der Waals surface area contributed by atoms with E-state index in [1.165, 1.54) is 7.11 Å². The van der Waals surface area contributed by atoms with Gasteiger partial charge in [-0.25, -0.2) is 9.59 Å². The zero-order chi connectivity index (χ0) is 15.6. The van der Waals surface area contributed by atoms with E-state index in [0.717, 1.165) is 6.42 Å². The van der Waals surface area contributed by atoms with Gasteiger partial charge in [-0.3, -0.25) is 4.79 Å². The summed E-state index contributed by atoms with van der Waals surface area (Å²) in [4.78, 5) is 38.6. The number of hydrogen-bond acceptors (Lipinski definition) is 4. The van der Waals surface area contributed by atoms with Crippen LogP contribution in [0.2, 0.25) is 0 Å². The summed E-state index contributed by atoms with van der Waals surface area (Å²) in [5, 5.41) is 9.21. The van der Waals surface area contributed by atoms with Gasteiger partial charge in [0.15, 0.2) is 0 Å². The Balaban J connectivity index is 1.99. The summed E-state index contributed by atoms with van der Waals surface area (Å²) in [5.41, 5.74) is -0.760. The molecule has 1 unspecified atom stereocenters. The van der Waals surface area contributed by atoms with Crippen LogP contribution in [0.4, 0.5) is 4.79 Å². The zero-order valence-corrected chi connectivity index (χ0v) is 12.5. The number of rotatable bonds is 2. The molecule has 2 amide bonds. The topological polar surface area (TPSA) is 87.2 Å². The Bertz CT molecular complexity index is 443. The molecule has 0 aromatic rings. The summed E-state index contributed by atoms with van der Waals surface area (Å²) >= 11 is 0. The summed E-state index contributed by atoms with van der Waals surface area (Å²) in [6, 6.07) is -0.689. The molecule has 2 rings (SSSR count). The third-order valence-electron chi connectivity index (χ3n) is 4.63. The van der Waals surface area contributed by atoms with Gasteiger partial charge in [-0.2, -0.15) is 0 Å². The van der Waals surface area contributed by atoms with Gasteiger partial charge in [-0.1, -0.05) is 0 Å². The van der Waals surface area contributed by atoms with Crippen LogP contribution in [-0.4, -0.2) is 65.7 Å². The Labute approximate surface area is 123 Å². The molecule has 0 aliphatic carbocycles. The lowest BCUT2D eigenvalue weighted by molar-refractivity contribution is -0.150. The highest BCUT2D eigenvalue weighted by atomic mass is 16.5. The molecular formula is C14H22N2O5. The van der Waals surface area contributed by atoms with Crippen molar-refractivity contribution in [2.75, 3.05) is 26.7 Å². The van der Waals surface area contributed by atoms with Crippen molar-refractivity contribution in [3.8, 4) is 0 Å². The molecule has 0 radical (unpaired) electrons. The lowest BCUT2D eigenvalue weighted by Gasteiger charge is -2.38. The van der Waals surface area contributed by atoms with Crippen molar-refractivity contribution in [3.05, 3.63) is 0 Å². The van der Waals surface area contributed by atoms with Gasteiger partial charge in [0.05, 0.1) is 12.5 Å². The fourth-order valence-corrected chi connectivity index (χ4v) is 2.96. The van der Waals surface area contributed by atoms with E-state index in [-0.39, 0.29) is 12.0 Å². The maximum absolute atomic E-state index is 12.5. The van der Waals surface area contributed by atoms with Gasteiger partial charge in [-0.05, 0) is 32.6 Å². The van der Waals surface area contributed by atoms with Gasteiger partial charge in [0.1, 0.15) is 6.04 Å². The number of esters is 1. The molecule has 7 nitrogen and oxygen atoms in total. The first kappa shape index (κ1) is 15.6. The van der Waals surface area contributed by atoms with Crippen molar-refractivity contribution >= 4 is 18.0 Å². The lowest BCUT2D eigenvalue weighted by atomic mass is 9.80. The van der Waals surface area contributed by atoms with Crippen molar-refractivity contribution in [2.45, 2.75) is 38.6 Å². The highest BCUT2D eigenvalue weighted by Crippen LogP contribution is 2.32. The third kappa shape index (κ3) is 2.96. The second kappa shape index (κ2) is 5.91. The number of methoxy groups -OCH3 is 1. The summed E-state index contributed by atoms with van der Waals surface area (Å²) in [5.74, 6) is -1.20. The molecule has 21 heavy (non-hydrogen) atoms. The van der Waals surface area contributed by atoms with Crippen molar-refractivity contribution < 1.29 is 24.2 Å². The Hall–Kier alpha value is -1.79. The Morgan fingerprint density at radius 3 is 2.33 bits per heavy atom. The Morgan fingerprint density at radius 1 is 1.19 bits per heavy atom. The average molecular weight is 298 g/mol. The smallest absolute Gasteiger partial charge is 0.328 e. The summed E-state index contributed by atoms with van der Waals surface area (Å²) in [6.45, 7) is 3.08. The maximum Gasteiger partial charge on any atom is 0.328 e. The minimum atomic E-state index is -0.816. The number of ether oxygens (including phenoxy) is 1. The van der Waals surface area contributed by atoms with Crippen LogP contribution in [0.5, 0.6) is 0 Å². The normalized spacial score (nSPS) is 24.8. The standard InChI is InChI=1S/C14H22N2O5/c1-14(12(18)19)5-8-15(9-6-14)13(20)16-7-3-4-10(16)11(17)21-2/h10H,3-9H2,1-2H3,(H,18,19). The summed E-state index contributed by atoms with van der Waals surface area (Å²) < 4.78 is 4.74. The fraction of sp³-hybridized carbons (Fsp3) is 0.786. The summed E-state index contributed by atoms with van der Waals surface area (Å²) in [7, 11) is 1.32. The van der Waals surface area contributed by atoms with E-state index in [0.29, 0.717) is 38.9 Å². The molecule has 2 aliphatic heterocycles. The van der Waals surface area contributed by atoms with Crippen LogP contribution in [0, 0.1) is 5.41 Å². The first-order valence-electron chi connectivity index (χ1n) is 7.26. The number of amides is 2. The van der Waals surface area contributed by atoms with Crippen LogP contribution >= 0.6 is 0 Å². The maximum atomic E-state index is 12.5. The van der Waals surface area contributed by atoms with Crippen LogP contribution in [0.15, 0.2) is 0 Å². The average Bonchev–Trinajstić information content (AvgIpc) is 2.95. The first-order valence-corrected chi connectivity index (χ1v) is 7.26. The molecule has 0 aromatic carbocycles. The molecule has 2 saturated heterocycles. The van der Waals surface area contributed by atoms with Gasteiger partial charge in [0, 0.05) is 19.6 Å². The van der Waals surface area contributed by atoms with E-state index in [1.54, 1.807) is 16.7 Å². The molecule has 7 heteroatoms. The molecule has 118 valence electrons. The van der Waals surface area contributed by atoms with Crippen LogP contribution < -0.4 is 0 Å². The number of carboxylic acids is 1. The van der Waals surface area contributed by atoms with E-state index in [4.69, 9.17) is 4.74 Å². The largest absolute Gasteiger partial charge is 0.481 e. The number of carbonyl (C=O) groups excluding carboxylic acids is 2. The summed E-state index contributed by atoms with van der Waals surface area (Å²) in [6.07, 6.45) is 2.28. The van der Waals surface area contributed by atoms with Gasteiger partial charge < -0.3 is 19.6 Å². The molecule has 2 aliphatic rings. The Morgan fingerprint density at radius 2 is 1.81 bits per heavy atom. The molecule has 2 heterocycles. The minimum Gasteiger partial charge on any atom is -0.481 e. The van der Waals surface area contributed by atoms with Gasteiger partial charge in [0.25, 0.3) is 0 Å². The molecule has 0 spiro atoms.